The molecule has 4 aromatic carbocycles. The van der Waals surface area contributed by atoms with Crippen LogP contribution in [0.2, 0.25) is 0 Å². The van der Waals surface area contributed by atoms with Gasteiger partial charge in [-0.1, -0.05) is 109 Å². The van der Waals surface area contributed by atoms with Crippen molar-refractivity contribution in [3.8, 4) is 56.4 Å². The predicted molar refractivity (Wildman–Crippen MR) is 150 cm³/mol. The summed E-state index contributed by atoms with van der Waals surface area (Å²) in [6, 6.07) is 41.1. The third-order valence-corrected chi connectivity index (χ3v) is 6.28. The van der Waals surface area contributed by atoms with Crippen LogP contribution in [0, 0.1) is 6.92 Å². The maximum Gasteiger partial charge on any atom is 0.164 e. The highest BCUT2D eigenvalue weighted by Crippen LogP contribution is 2.29. The van der Waals surface area contributed by atoms with Crippen molar-refractivity contribution in [3.63, 3.8) is 0 Å². The summed E-state index contributed by atoms with van der Waals surface area (Å²) >= 11 is 0. The van der Waals surface area contributed by atoms with Crippen LogP contribution in [0.25, 0.3) is 56.4 Å². The molecule has 2 heterocycles. The second-order valence-electron chi connectivity index (χ2n) is 8.88. The lowest BCUT2D eigenvalue weighted by molar-refractivity contribution is 1.07. The van der Waals surface area contributed by atoms with Crippen molar-refractivity contribution in [1.29, 1.82) is 0 Å². The zero-order valence-electron chi connectivity index (χ0n) is 20.4. The van der Waals surface area contributed by atoms with E-state index < -0.39 is 0 Å². The van der Waals surface area contributed by atoms with Gasteiger partial charge in [-0.05, 0) is 35.7 Å². The van der Waals surface area contributed by atoms with Crippen molar-refractivity contribution >= 4 is 0 Å². The summed E-state index contributed by atoms with van der Waals surface area (Å²) in [6.45, 7) is 1.99. The van der Waals surface area contributed by atoms with Crippen LogP contribution in [0.5, 0.6) is 0 Å². The van der Waals surface area contributed by atoms with Gasteiger partial charge < -0.3 is 0 Å². The number of hydrogen-bond donors (Lipinski definition) is 0. The topological polar surface area (TPSA) is 51.6 Å². The maximum atomic E-state index is 4.91. The van der Waals surface area contributed by atoms with E-state index in [1.807, 2.05) is 67.7 Å². The van der Waals surface area contributed by atoms with E-state index in [0.717, 1.165) is 39.1 Å². The largest absolute Gasteiger partial charge is 0.261 e. The van der Waals surface area contributed by atoms with Gasteiger partial charge in [0.1, 0.15) is 0 Å². The predicted octanol–water partition coefficient (Wildman–Crippen LogP) is 7.91. The standard InChI is InChI=1S/C33H24N4/c1-23-15-16-30(22-34-23)28-13-8-14-29(21-28)33-36-31(26-11-6-3-7-12-26)35-32(37-33)27-19-17-25(18-20-27)24-9-4-2-5-10-24/h2-22H,1H3. The quantitative estimate of drug-likeness (QED) is 0.254. The van der Waals surface area contributed by atoms with E-state index in [0.29, 0.717) is 17.5 Å². The monoisotopic (exact) mass is 476 g/mol. The molecule has 0 saturated carbocycles. The molecule has 0 unspecified atom stereocenters. The van der Waals surface area contributed by atoms with Crippen LogP contribution in [-0.4, -0.2) is 19.9 Å². The Hall–Kier alpha value is -4.96. The van der Waals surface area contributed by atoms with Crippen LogP contribution in [0.1, 0.15) is 5.69 Å². The molecule has 0 saturated heterocycles. The summed E-state index contributed by atoms with van der Waals surface area (Å²) in [4.78, 5) is 19.1. The molecule has 6 aromatic rings. The summed E-state index contributed by atoms with van der Waals surface area (Å²) in [5.74, 6) is 1.93. The molecular formula is C33H24N4. The Labute approximate surface area is 216 Å². The Bertz CT molecular complexity index is 1640. The first kappa shape index (κ1) is 22.5. The van der Waals surface area contributed by atoms with E-state index >= 15 is 0 Å². The second-order valence-corrected chi connectivity index (χ2v) is 8.88. The first-order valence-electron chi connectivity index (χ1n) is 12.2. The van der Waals surface area contributed by atoms with Gasteiger partial charge in [0.2, 0.25) is 0 Å². The van der Waals surface area contributed by atoms with Crippen LogP contribution < -0.4 is 0 Å². The number of pyridine rings is 1. The van der Waals surface area contributed by atoms with Gasteiger partial charge >= 0.3 is 0 Å². The van der Waals surface area contributed by atoms with Crippen molar-refractivity contribution in [2.75, 3.05) is 0 Å². The minimum atomic E-state index is 0.637. The highest BCUT2D eigenvalue weighted by atomic mass is 15.0. The molecule has 0 bridgehead atoms. The molecule has 0 aliphatic heterocycles. The fraction of sp³-hybridized carbons (Fsp3) is 0.0303. The maximum absolute atomic E-state index is 4.91. The van der Waals surface area contributed by atoms with Gasteiger partial charge in [0.05, 0.1) is 0 Å². The Kier molecular flexibility index (Phi) is 6.05. The fourth-order valence-corrected chi connectivity index (χ4v) is 4.27. The molecule has 4 nitrogen and oxygen atoms in total. The molecule has 176 valence electrons. The van der Waals surface area contributed by atoms with Gasteiger partial charge in [-0.2, -0.15) is 0 Å². The molecule has 0 N–H and O–H groups in total. The van der Waals surface area contributed by atoms with E-state index in [9.17, 15) is 0 Å². The highest BCUT2D eigenvalue weighted by Gasteiger charge is 2.13. The van der Waals surface area contributed by atoms with Crippen LogP contribution in [0.15, 0.2) is 128 Å². The Morgan fingerprint density at radius 2 is 0.838 bits per heavy atom. The van der Waals surface area contributed by atoms with Gasteiger partial charge in [0.25, 0.3) is 0 Å². The van der Waals surface area contributed by atoms with Crippen molar-refractivity contribution in [1.82, 2.24) is 19.9 Å². The third kappa shape index (κ3) is 4.91. The molecule has 0 spiro atoms. The average molecular weight is 477 g/mol. The summed E-state index contributed by atoms with van der Waals surface area (Å²) in [5, 5.41) is 0. The van der Waals surface area contributed by atoms with Gasteiger partial charge in [0.15, 0.2) is 17.5 Å². The summed E-state index contributed by atoms with van der Waals surface area (Å²) in [6.07, 6.45) is 1.90. The Morgan fingerprint density at radius 1 is 0.378 bits per heavy atom. The zero-order chi connectivity index (χ0) is 25.0. The second kappa shape index (κ2) is 9.96. The van der Waals surface area contributed by atoms with Gasteiger partial charge in [0, 0.05) is 34.1 Å². The van der Waals surface area contributed by atoms with Gasteiger partial charge in [-0.15, -0.1) is 0 Å². The first-order chi connectivity index (χ1) is 18.2. The molecule has 37 heavy (non-hydrogen) atoms. The van der Waals surface area contributed by atoms with Crippen molar-refractivity contribution in [2.24, 2.45) is 0 Å². The lowest BCUT2D eigenvalue weighted by Crippen LogP contribution is -2.00. The number of hydrogen-bond acceptors (Lipinski definition) is 4. The summed E-state index contributed by atoms with van der Waals surface area (Å²) < 4.78 is 0. The lowest BCUT2D eigenvalue weighted by Gasteiger charge is -2.10. The smallest absolute Gasteiger partial charge is 0.164 e. The Morgan fingerprint density at radius 3 is 1.46 bits per heavy atom. The Balaban J connectivity index is 1.44. The molecule has 0 radical (unpaired) electrons. The minimum absolute atomic E-state index is 0.637. The fourth-order valence-electron chi connectivity index (χ4n) is 4.27. The van der Waals surface area contributed by atoms with Crippen LogP contribution >= 0.6 is 0 Å². The van der Waals surface area contributed by atoms with Crippen LogP contribution in [-0.2, 0) is 0 Å². The molecular weight excluding hydrogens is 452 g/mol. The number of rotatable bonds is 5. The van der Waals surface area contributed by atoms with Crippen LogP contribution in [0.3, 0.4) is 0 Å². The molecule has 6 rings (SSSR count). The number of aromatic nitrogens is 4. The van der Waals surface area contributed by atoms with Gasteiger partial charge in [-0.3, -0.25) is 4.98 Å². The lowest BCUT2D eigenvalue weighted by atomic mass is 10.0. The van der Waals surface area contributed by atoms with Crippen LogP contribution in [0.4, 0.5) is 0 Å². The van der Waals surface area contributed by atoms with E-state index in [1.54, 1.807) is 0 Å². The number of aryl methyl sites for hydroxylation is 1. The van der Waals surface area contributed by atoms with Crippen molar-refractivity contribution < 1.29 is 0 Å². The molecule has 0 atom stereocenters. The number of nitrogens with zero attached hydrogens (tertiary/aromatic N) is 4. The molecule has 0 amide bonds. The number of benzene rings is 4. The van der Waals surface area contributed by atoms with E-state index in [-0.39, 0.29) is 0 Å². The summed E-state index contributed by atoms with van der Waals surface area (Å²) in [5.41, 5.74) is 8.28. The summed E-state index contributed by atoms with van der Waals surface area (Å²) in [7, 11) is 0. The third-order valence-electron chi connectivity index (χ3n) is 6.28. The molecule has 4 heteroatoms. The molecule has 0 aliphatic carbocycles. The molecule has 0 aliphatic rings. The average Bonchev–Trinajstić information content (AvgIpc) is 2.98. The van der Waals surface area contributed by atoms with Crippen molar-refractivity contribution in [3.05, 3.63) is 133 Å². The minimum Gasteiger partial charge on any atom is -0.261 e. The highest BCUT2D eigenvalue weighted by molar-refractivity contribution is 5.73. The van der Waals surface area contributed by atoms with Crippen molar-refractivity contribution in [2.45, 2.75) is 6.92 Å². The van der Waals surface area contributed by atoms with Gasteiger partial charge in [-0.25, -0.2) is 15.0 Å². The molecule has 0 fully saturated rings. The normalized spacial score (nSPS) is 10.8. The van der Waals surface area contributed by atoms with E-state index in [1.165, 1.54) is 5.56 Å². The zero-order valence-corrected chi connectivity index (χ0v) is 20.4. The van der Waals surface area contributed by atoms with E-state index in [4.69, 9.17) is 15.0 Å². The molecule has 2 aromatic heterocycles. The SMILES string of the molecule is Cc1ccc(-c2cccc(-c3nc(-c4ccccc4)nc(-c4ccc(-c5ccccc5)cc4)n3)c2)cn1. The first-order valence-corrected chi connectivity index (χ1v) is 12.2. The van der Waals surface area contributed by atoms with E-state index in [2.05, 4.69) is 71.7 Å².